The number of aliphatic hydroxyl groups is 1. The van der Waals surface area contributed by atoms with Gasteiger partial charge in [-0.25, -0.2) is 4.79 Å². The Morgan fingerprint density at radius 1 is 1.29 bits per heavy atom. The van der Waals surface area contributed by atoms with E-state index in [2.05, 4.69) is 4.90 Å². The van der Waals surface area contributed by atoms with E-state index in [4.69, 9.17) is 5.11 Å². The molecule has 0 radical (unpaired) electrons. The lowest BCUT2D eigenvalue weighted by atomic mass is 9.78. The normalized spacial score (nSPS) is 33.8. The molecular formula is C13H23NO3. The third kappa shape index (κ3) is 2.80. The molecule has 1 saturated heterocycles. The highest BCUT2D eigenvalue weighted by Gasteiger charge is 2.39. The molecule has 1 saturated carbocycles. The van der Waals surface area contributed by atoms with Crippen molar-refractivity contribution in [1.82, 2.24) is 4.90 Å². The first-order valence-corrected chi connectivity index (χ1v) is 6.70. The number of likely N-dealkylation sites (tertiary alicyclic amines) is 1. The molecule has 0 bridgehead atoms. The molecule has 2 rings (SSSR count). The van der Waals surface area contributed by atoms with Gasteiger partial charge in [-0.3, -0.25) is 4.90 Å². The van der Waals surface area contributed by atoms with Crippen LogP contribution >= 0.6 is 0 Å². The summed E-state index contributed by atoms with van der Waals surface area (Å²) in [5.41, 5.74) is -1.61. The zero-order chi connectivity index (χ0) is 12.5. The van der Waals surface area contributed by atoms with Crippen LogP contribution in [0.15, 0.2) is 0 Å². The predicted molar refractivity (Wildman–Crippen MR) is 64.8 cm³/mol. The predicted octanol–water partition coefficient (Wildman–Crippen LogP) is 1.48. The van der Waals surface area contributed by atoms with E-state index in [-0.39, 0.29) is 6.54 Å². The number of nitrogens with zero attached hydrogens (tertiary/aromatic N) is 1. The summed E-state index contributed by atoms with van der Waals surface area (Å²) in [6, 6.07) is 0.503. The molecule has 98 valence electrons. The monoisotopic (exact) mass is 241 g/mol. The highest BCUT2D eigenvalue weighted by molar-refractivity contribution is 5.76. The minimum absolute atomic E-state index is 0.267. The maximum atomic E-state index is 11.0. The number of piperidine rings is 1. The fraction of sp³-hybridized carbons (Fsp3) is 0.923. The first-order valence-electron chi connectivity index (χ1n) is 6.70. The molecule has 2 fully saturated rings. The molecule has 4 heteroatoms. The molecule has 0 aromatic rings. The smallest absolute Gasteiger partial charge is 0.336 e. The summed E-state index contributed by atoms with van der Waals surface area (Å²) < 4.78 is 0. The summed E-state index contributed by atoms with van der Waals surface area (Å²) in [5.74, 6) is -0.391. The molecule has 1 heterocycles. The Balaban J connectivity index is 2.01. The van der Waals surface area contributed by atoms with Gasteiger partial charge in [-0.2, -0.15) is 0 Å². The second-order valence-corrected chi connectivity index (χ2v) is 5.80. The number of carboxylic acid groups (broad SMARTS) is 1. The Labute approximate surface area is 103 Å². The van der Waals surface area contributed by atoms with Gasteiger partial charge in [-0.05, 0) is 45.1 Å². The van der Waals surface area contributed by atoms with Crippen molar-refractivity contribution in [3.05, 3.63) is 0 Å². The minimum atomic E-state index is -1.61. The van der Waals surface area contributed by atoms with Gasteiger partial charge in [-0.15, -0.1) is 0 Å². The fourth-order valence-corrected chi connectivity index (χ4v) is 3.39. The summed E-state index contributed by atoms with van der Waals surface area (Å²) in [6.45, 7) is 2.61. The van der Waals surface area contributed by atoms with Crippen LogP contribution < -0.4 is 0 Å². The van der Waals surface area contributed by atoms with Gasteiger partial charge in [0, 0.05) is 12.6 Å². The van der Waals surface area contributed by atoms with Crippen molar-refractivity contribution >= 4 is 5.97 Å². The number of carboxylic acids is 1. The molecule has 4 nitrogen and oxygen atoms in total. The second kappa shape index (κ2) is 4.94. The Morgan fingerprint density at radius 3 is 2.65 bits per heavy atom. The Bertz CT molecular complexity index is 288. The molecule has 0 spiro atoms. The maximum absolute atomic E-state index is 11.0. The van der Waals surface area contributed by atoms with Gasteiger partial charge in [0.15, 0.2) is 5.60 Å². The second-order valence-electron chi connectivity index (χ2n) is 5.80. The largest absolute Gasteiger partial charge is 0.479 e. The third-order valence-electron chi connectivity index (χ3n) is 4.33. The number of β-amino-alcohol motifs (C(OH)–C–C–N with tert-alkyl or cyclic N) is 1. The van der Waals surface area contributed by atoms with E-state index in [0.717, 1.165) is 18.9 Å². The third-order valence-corrected chi connectivity index (χ3v) is 4.33. The SMILES string of the molecule is CC(O)(CN1CCCC2CCCCC21)C(=O)O. The van der Waals surface area contributed by atoms with E-state index >= 15 is 0 Å². The standard InChI is InChI=1S/C13H23NO3/c1-13(17,12(15)16)9-14-8-4-6-10-5-2-3-7-11(10)14/h10-11,17H,2-9H2,1H3,(H,15,16). The number of rotatable bonds is 3. The molecule has 1 aliphatic carbocycles. The van der Waals surface area contributed by atoms with E-state index in [1.165, 1.54) is 39.0 Å². The van der Waals surface area contributed by atoms with Gasteiger partial charge in [0.05, 0.1) is 0 Å². The van der Waals surface area contributed by atoms with Crippen molar-refractivity contribution in [2.24, 2.45) is 5.92 Å². The zero-order valence-corrected chi connectivity index (χ0v) is 10.6. The summed E-state index contributed by atoms with van der Waals surface area (Å²) >= 11 is 0. The van der Waals surface area contributed by atoms with Crippen LogP contribution in [-0.2, 0) is 4.79 Å². The van der Waals surface area contributed by atoms with Crippen LogP contribution in [0.25, 0.3) is 0 Å². The van der Waals surface area contributed by atoms with Crippen LogP contribution in [0.5, 0.6) is 0 Å². The van der Waals surface area contributed by atoms with Gasteiger partial charge in [0.2, 0.25) is 0 Å². The van der Waals surface area contributed by atoms with Crippen molar-refractivity contribution in [2.45, 2.75) is 57.1 Å². The summed E-state index contributed by atoms with van der Waals surface area (Å²) in [7, 11) is 0. The van der Waals surface area contributed by atoms with Crippen LogP contribution in [0.3, 0.4) is 0 Å². The lowest BCUT2D eigenvalue weighted by Crippen LogP contribution is -2.54. The van der Waals surface area contributed by atoms with Crippen molar-refractivity contribution < 1.29 is 15.0 Å². The molecule has 1 aliphatic heterocycles. The van der Waals surface area contributed by atoms with E-state index < -0.39 is 11.6 Å². The first-order chi connectivity index (χ1) is 8.00. The molecular weight excluding hydrogens is 218 g/mol. The van der Waals surface area contributed by atoms with Crippen LogP contribution in [0.1, 0.15) is 45.4 Å². The summed E-state index contributed by atoms with van der Waals surface area (Å²) in [6.07, 6.45) is 7.40. The number of aliphatic carboxylic acids is 1. The Hall–Kier alpha value is -0.610. The summed E-state index contributed by atoms with van der Waals surface area (Å²) in [5, 5.41) is 18.9. The van der Waals surface area contributed by atoms with E-state index in [1.54, 1.807) is 0 Å². The molecule has 0 aromatic carbocycles. The van der Waals surface area contributed by atoms with Gasteiger partial charge >= 0.3 is 5.97 Å². The quantitative estimate of drug-likeness (QED) is 0.785. The molecule has 2 aliphatic rings. The topological polar surface area (TPSA) is 60.8 Å². The average molecular weight is 241 g/mol. The maximum Gasteiger partial charge on any atom is 0.336 e. The van der Waals surface area contributed by atoms with Gasteiger partial charge in [0.1, 0.15) is 0 Å². The molecule has 2 N–H and O–H groups in total. The van der Waals surface area contributed by atoms with Crippen molar-refractivity contribution in [3.8, 4) is 0 Å². The minimum Gasteiger partial charge on any atom is -0.479 e. The van der Waals surface area contributed by atoms with Crippen LogP contribution in [0, 0.1) is 5.92 Å². The van der Waals surface area contributed by atoms with Crippen LogP contribution in [0.2, 0.25) is 0 Å². The number of fused-ring (bicyclic) bond motifs is 1. The number of hydrogen-bond acceptors (Lipinski definition) is 3. The molecule has 0 aromatic heterocycles. The lowest BCUT2D eigenvalue weighted by Gasteiger charge is -2.45. The average Bonchev–Trinajstić information content (AvgIpc) is 2.29. The van der Waals surface area contributed by atoms with Gasteiger partial charge in [0.25, 0.3) is 0 Å². The summed E-state index contributed by atoms with van der Waals surface area (Å²) in [4.78, 5) is 13.2. The highest BCUT2D eigenvalue weighted by Crippen LogP contribution is 2.35. The van der Waals surface area contributed by atoms with E-state index in [1.807, 2.05) is 0 Å². The number of carbonyl (C=O) groups is 1. The highest BCUT2D eigenvalue weighted by atomic mass is 16.4. The van der Waals surface area contributed by atoms with Crippen molar-refractivity contribution in [2.75, 3.05) is 13.1 Å². The zero-order valence-electron chi connectivity index (χ0n) is 10.6. The Morgan fingerprint density at radius 2 is 1.94 bits per heavy atom. The molecule has 3 atom stereocenters. The van der Waals surface area contributed by atoms with Crippen LogP contribution in [-0.4, -0.2) is 45.8 Å². The van der Waals surface area contributed by atoms with Crippen LogP contribution in [0.4, 0.5) is 0 Å². The van der Waals surface area contributed by atoms with E-state index in [0.29, 0.717) is 6.04 Å². The lowest BCUT2D eigenvalue weighted by molar-refractivity contribution is -0.160. The molecule has 17 heavy (non-hydrogen) atoms. The first kappa shape index (κ1) is 12.8. The van der Waals surface area contributed by atoms with Crippen molar-refractivity contribution in [1.29, 1.82) is 0 Å². The fourth-order valence-electron chi connectivity index (χ4n) is 3.39. The van der Waals surface area contributed by atoms with Gasteiger partial charge < -0.3 is 10.2 Å². The van der Waals surface area contributed by atoms with Gasteiger partial charge in [-0.1, -0.05) is 12.8 Å². The van der Waals surface area contributed by atoms with E-state index in [9.17, 15) is 9.90 Å². The number of hydrogen-bond donors (Lipinski definition) is 2. The Kier molecular flexibility index (Phi) is 3.73. The molecule has 0 amide bonds. The molecule has 3 unspecified atom stereocenters. The van der Waals surface area contributed by atoms with Crippen molar-refractivity contribution in [3.63, 3.8) is 0 Å².